The Morgan fingerprint density at radius 2 is 2.00 bits per heavy atom. The van der Waals surface area contributed by atoms with Gasteiger partial charge in [0.05, 0.1) is 4.47 Å². The first-order chi connectivity index (χ1) is 7.02. The van der Waals surface area contributed by atoms with E-state index in [-0.39, 0.29) is 11.9 Å². The largest absolute Gasteiger partial charge is 0.324 e. The summed E-state index contributed by atoms with van der Waals surface area (Å²) in [5, 5.41) is 0. The van der Waals surface area contributed by atoms with Crippen molar-refractivity contribution in [3.8, 4) is 0 Å². The smallest absolute Gasteiger partial charge is 0.137 e. The summed E-state index contributed by atoms with van der Waals surface area (Å²) in [5.74, 6) is 0.385. The maximum atomic E-state index is 13.2. The van der Waals surface area contributed by atoms with Gasteiger partial charge in [-0.3, -0.25) is 0 Å². The fourth-order valence-corrected chi connectivity index (χ4v) is 2.03. The van der Waals surface area contributed by atoms with Gasteiger partial charge in [-0.05, 0) is 46.3 Å². The number of hydrogen-bond acceptors (Lipinski definition) is 1. The van der Waals surface area contributed by atoms with Crippen LogP contribution in [-0.4, -0.2) is 0 Å². The summed E-state index contributed by atoms with van der Waals surface area (Å²) in [6.45, 7) is 4.32. The lowest BCUT2D eigenvalue weighted by Gasteiger charge is -2.15. The molecule has 1 rings (SSSR count). The molecule has 0 aliphatic heterocycles. The molecule has 1 nitrogen and oxygen atoms in total. The zero-order valence-corrected chi connectivity index (χ0v) is 10.7. The molecule has 0 saturated carbocycles. The molecule has 2 N–H and O–H groups in total. The van der Waals surface area contributed by atoms with Crippen molar-refractivity contribution in [3.63, 3.8) is 0 Å². The third kappa shape index (κ3) is 3.58. The molecule has 0 fully saturated rings. The minimum atomic E-state index is -0.243. The Kier molecular flexibility index (Phi) is 4.74. The molecule has 1 aromatic rings. The van der Waals surface area contributed by atoms with Crippen molar-refractivity contribution < 1.29 is 4.39 Å². The van der Waals surface area contributed by atoms with Crippen LogP contribution in [0.2, 0.25) is 0 Å². The zero-order valence-electron chi connectivity index (χ0n) is 9.13. The molecule has 0 amide bonds. The Morgan fingerprint density at radius 1 is 1.33 bits per heavy atom. The molecule has 3 heteroatoms. The fourth-order valence-electron chi connectivity index (χ4n) is 1.48. The Morgan fingerprint density at radius 3 is 2.60 bits per heavy atom. The van der Waals surface area contributed by atoms with Crippen molar-refractivity contribution in [1.29, 1.82) is 0 Å². The third-order valence-corrected chi connectivity index (χ3v) is 3.27. The van der Waals surface area contributed by atoms with E-state index in [1.54, 1.807) is 6.07 Å². The van der Waals surface area contributed by atoms with Gasteiger partial charge in [0.25, 0.3) is 0 Å². The maximum absolute atomic E-state index is 13.2. The van der Waals surface area contributed by atoms with Gasteiger partial charge >= 0.3 is 0 Å². The first-order valence-corrected chi connectivity index (χ1v) is 6.01. The van der Waals surface area contributed by atoms with E-state index in [9.17, 15) is 4.39 Å². The van der Waals surface area contributed by atoms with Crippen molar-refractivity contribution in [2.24, 2.45) is 11.7 Å². The average molecular weight is 274 g/mol. The predicted octanol–water partition coefficient (Wildman–Crippen LogP) is 4.02. The van der Waals surface area contributed by atoms with Gasteiger partial charge in [0.1, 0.15) is 5.82 Å². The maximum Gasteiger partial charge on any atom is 0.137 e. The molecule has 0 bridgehead atoms. The minimum Gasteiger partial charge on any atom is -0.324 e. The summed E-state index contributed by atoms with van der Waals surface area (Å²) in [5.41, 5.74) is 6.87. The zero-order chi connectivity index (χ0) is 11.4. The monoisotopic (exact) mass is 273 g/mol. The van der Waals surface area contributed by atoms with E-state index in [4.69, 9.17) is 5.73 Å². The molecule has 0 aliphatic rings. The van der Waals surface area contributed by atoms with E-state index in [0.29, 0.717) is 10.4 Å². The summed E-state index contributed by atoms with van der Waals surface area (Å²) < 4.78 is 13.7. The van der Waals surface area contributed by atoms with Crippen LogP contribution in [-0.2, 0) is 0 Å². The van der Waals surface area contributed by atoms with Crippen LogP contribution in [0, 0.1) is 11.7 Å². The van der Waals surface area contributed by atoms with E-state index in [1.807, 2.05) is 6.07 Å². The first kappa shape index (κ1) is 12.7. The molecule has 0 heterocycles. The lowest BCUT2D eigenvalue weighted by atomic mass is 9.98. The van der Waals surface area contributed by atoms with E-state index >= 15 is 0 Å². The van der Waals surface area contributed by atoms with Gasteiger partial charge in [-0.1, -0.05) is 26.0 Å². The second-order valence-electron chi connectivity index (χ2n) is 4.22. The van der Waals surface area contributed by atoms with Crippen molar-refractivity contribution in [1.82, 2.24) is 0 Å². The number of nitrogens with two attached hydrogens (primary N) is 1. The highest BCUT2D eigenvalue weighted by Crippen LogP contribution is 2.27. The molecule has 0 unspecified atom stereocenters. The van der Waals surface area contributed by atoms with Crippen LogP contribution >= 0.6 is 15.9 Å². The fraction of sp³-hybridized carbons (Fsp3) is 0.500. The van der Waals surface area contributed by atoms with Crippen LogP contribution in [0.5, 0.6) is 0 Å². The Balaban J connectivity index is 2.73. The van der Waals surface area contributed by atoms with Gasteiger partial charge in [-0.25, -0.2) is 4.39 Å². The van der Waals surface area contributed by atoms with Crippen LogP contribution in [0.1, 0.15) is 38.3 Å². The van der Waals surface area contributed by atoms with E-state index in [2.05, 4.69) is 29.8 Å². The predicted molar refractivity (Wildman–Crippen MR) is 65.1 cm³/mol. The van der Waals surface area contributed by atoms with Crippen molar-refractivity contribution >= 4 is 15.9 Å². The number of halogens is 2. The van der Waals surface area contributed by atoms with Gasteiger partial charge in [0, 0.05) is 6.04 Å². The topological polar surface area (TPSA) is 26.0 Å². The standard InChI is InChI=1S/C12H17BrFN/c1-8(2)6-7-11(15)9-4-3-5-10(14)12(9)13/h3-5,8,11H,6-7,15H2,1-2H3/t11-/m1/s1. The number of hydrogen-bond donors (Lipinski definition) is 1. The third-order valence-electron chi connectivity index (χ3n) is 2.44. The van der Waals surface area contributed by atoms with Crippen LogP contribution in [0.4, 0.5) is 4.39 Å². The van der Waals surface area contributed by atoms with E-state index in [0.717, 1.165) is 18.4 Å². The van der Waals surface area contributed by atoms with Crippen molar-refractivity contribution in [2.75, 3.05) is 0 Å². The van der Waals surface area contributed by atoms with Crippen LogP contribution in [0.15, 0.2) is 22.7 Å². The lowest BCUT2D eigenvalue weighted by Crippen LogP contribution is -2.12. The second-order valence-corrected chi connectivity index (χ2v) is 5.01. The molecule has 84 valence electrons. The van der Waals surface area contributed by atoms with Crippen LogP contribution in [0.3, 0.4) is 0 Å². The van der Waals surface area contributed by atoms with Gasteiger partial charge < -0.3 is 5.73 Å². The van der Waals surface area contributed by atoms with Gasteiger partial charge in [0.15, 0.2) is 0 Å². The van der Waals surface area contributed by atoms with Gasteiger partial charge in [-0.15, -0.1) is 0 Å². The highest BCUT2D eigenvalue weighted by atomic mass is 79.9. The first-order valence-electron chi connectivity index (χ1n) is 5.22. The Hall–Kier alpha value is -0.410. The minimum absolute atomic E-state index is 0.0857. The average Bonchev–Trinajstić information content (AvgIpc) is 2.18. The molecular weight excluding hydrogens is 257 g/mol. The molecule has 0 spiro atoms. The molecule has 0 aromatic heterocycles. The molecule has 1 atom stereocenters. The summed E-state index contributed by atoms with van der Waals surface area (Å²) in [6, 6.07) is 4.92. The molecule has 1 aromatic carbocycles. The van der Waals surface area contributed by atoms with Gasteiger partial charge in [-0.2, -0.15) is 0 Å². The normalized spacial score (nSPS) is 13.2. The van der Waals surface area contributed by atoms with Crippen molar-refractivity contribution in [2.45, 2.75) is 32.7 Å². The second kappa shape index (κ2) is 5.61. The summed E-state index contributed by atoms with van der Waals surface area (Å²) in [7, 11) is 0. The van der Waals surface area contributed by atoms with Crippen LogP contribution in [0.25, 0.3) is 0 Å². The van der Waals surface area contributed by atoms with Gasteiger partial charge in [0.2, 0.25) is 0 Å². The molecular formula is C12H17BrFN. The number of benzene rings is 1. The summed E-state index contributed by atoms with van der Waals surface area (Å²) >= 11 is 3.23. The van der Waals surface area contributed by atoms with E-state index in [1.165, 1.54) is 6.07 Å². The van der Waals surface area contributed by atoms with E-state index < -0.39 is 0 Å². The lowest BCUT2D eigenvalue weighted by molar-refractivity contribution is 0.504. The summed E-state index contributed by atoms with van der Waals surface area (Å²) in [6.07, 6.45) is 1.95. The highest BCUT2D eigenvalue weighted by molar-refractivity contribution is 9.10. The molecule has 0 aliphatic carbocycles. The highest BCUT2D eigenvalue weighted by Gasteiger charge is 2.12. The molecule has 15 heavy (non-hydrogen) atoms. The Bertz CT molecular complexity index is 325. The van der Waals surface area contributed by atoms with Crippen molar-refractivity contribution in [3.05, 3.63) is 34.1 Å². The molecule has 0 saturated heterocycles. The summed E-state index contributed by atoms with van der Waals surface area (Å²) in [4.78, 5) is 0. The quantitative estimate of drug-likeness (QED) is 0.881. The SMILES string of the molecule is CC(C)CC[C@@H](N)c1cccc(F)c1Br. The Labute approximate surface area is 99.0 Å². The number of rotatable bonds is 4. The van der Waals surface area contributed by atoms with Crippen LogP contribution < -0.4 is 5.73 Å². The molecule has 0 radical (unpaired) electrons.